The molecule has 30 heavy (non-hydrogen) atoms. The van der Waals surface area contributed by atoms with Gasteiger partial charge in [-0.2, -0.15) is 5.10 Å². The minimum atomic E-state index is -0.259. The maximum atomic E-state index is 12.4. The molecule has 0 aliphatic heterocycles. The first-order chi connectivity index (χ1) is 14.7. The highest BCUT2D eigenvalue weighted by Gasteiger charge is 2.17. The molecule has 0 radical (unpaired) electrons. The summed E-state index contributed by atoms with van der Waals surface area (Å²) in [6, 6.07) is 9.51. The van der Waals surface area contributed by atoms with Crippen LogP contribution in [0.1, 0.15) is 35.7 Å². The highest BCUT2D eigenvalue weighted by atomic mass is 32.1. The zero-order chi connectivity index (χ0) is 20.5. The van der Waals surface area contributed by atoms with Gasteiger partial charge in [0.2, 0.25) is 5.91 Å². The summed E-state index contributed by atoms with van der Waals surface area (Å²) >= 11 is 1.56. The molecule has 1 aromatic carbocycles. The zero-order valence-corrected chi connectivity index (χ0v) is 17.0. The number of H-pyrrole nitrogens is 1. The minimum Gasteiger partial charge on any atom is -0.310 e. The van der Waals surface area contributed by atoms with Crippen molar-refractivity contribution in [3.63, 3.8) is 0 Å². The SMILES string of the molecule is O=C(CCc1nc2c(cnn2-c2ccccc2)c(=O)[nH]1)Nc1nc2c(s1)CCCC2. The number of aromatic amines is 1. The topological polar surface area (TPSA) is 106 Å². The molecule has 2 N–H and O–H groups in total. The molecule has 0 saturated heterocycles. The van der Waals surface area contributed by atoms with Gasteiger partial charge in [0.05, 0.1) is 17.6 Å². The number of carbonyl (C=O) groups excluding carboxylic acids is 1. The number of thiazole rings is 1. The Morgan fingerprint density at radius 2 is 2.00 bits per heavy atom. The molecule has 3 aromatic heterocycles. The number of anilines is 1. The second-order valence-electron chi connectivity index (χ2n) is 7.29. The normalized spacial score (nSPS) is 13.3. The van der Waals surface area contributed by atoms with Crippen LogP contribution in [0.2, 0.25) is 0 Å². The first-order valence-corrected chi connectivity index (χ1v) is 10.8. The number of hydrogen-bond acceptors (Lipinski definition) is 6. The molecule has 1 aliphatic rings. The third-order valence-electron chi connectivity index (χ3n) is 5.17. The van der Waals surface area contributed by atoms with E-state index in [-0.39, 0.29) is 17.9 Å². The van der Waals surface area contributed by atoms with Gasteiger partial charge in [0.25, 0.3) is 5.56 Å². The van der Waals surface area contributed by atoms with Gasteiger partial charge in [0.1, 0.15) is 11.2 Å². The van der Waals surface area contributed by atoms with Crippen LogP contribution in [0.4, 0.5) is 5.13 Å². The van der Waals surface area contributed by atoms with E-state index in [9.17, 15) is 9.59 Å². The van der Waals surface area contributed by atoms with Crippen molar-refractivity contribution < 1.29 is 4.79 Å². The summed E-state index contributed by atoms with van der Waals surface area (Å²) in [6.07, 6.45) is 6.41. The van der Waals surface area contributed by atoms with E-state index in [0.717, 1.165) is 30.6 Å². The minimum absolute atomic E-state index is 0.139. The van der Waals surface area contributed by atoms with Crippen LogP contribution in [-0.2, 0) is 24.1 Å². The smallest absolute Gasteiger partial charge is 0.262 e. The molecule has 0 saturated carbocycles. The van der Waals surface area contributed by atoms with Crippen molar-refractivity contribution in [2.24, 2.45) is 0 Å². The van der Waals surface area contributed by atoms with E-state index in [0.29, 0.717) is 28.4 Å². The third kappa shape index (κ3) is 3.63. The monoisotopic (exact) mass is 420 g/mol. The molecule has 0 fully saturated rings. The molecule has 8 nitrogen and oxygen atoms in total. The Bertz CT molecular complexity index is 1250. The largest absolute Gasteiger partial charge is 0.310 e. The second-order valence-corrected chi connectivity index (χ2v) is 8.37. The standard InChI is InChI=1S/C21H20N6O2S/c28-18(26-21-23-15-8-4-5-9-16(15)30-21)11-10-17-24-19-14(20(29)25-17)12-22-27(19)13-6-2-1-3-7-13/h1-3,6-7,12H,4-5,8-11H2,(H,23,26,28)(H,24,25,29). The van der Waals surface area contributed by atoms with Crippen molar-refractivity contribution in [1.82, 2.24) is 24.7 Å². The summed E-state index contributed by atoms with van der Waals surface area (Å²) in [5.41, 5.74) is 2.16. The van der Waals surface area contributed by atoms with Gasteiger partial charge >= 0.3 is 0 Å². The van der Waals surface area contributed by atoms with Gasteiger partial charge in [-0.3, -0.25) is 9.59 Å². The number of aryl methyl sites for hydroxylation is 3. The molecule has 9 heteroatoms. The number of aromatic nitrogens is 5. The predicted octanol–water partition coefficient (Wildman–Crippen LogP) is 3.02. The van der Waals surface area contributed by atoms with Crippen molar-refractivity contribution in [2.75, 3.05) is 5.32 Å². The lowest BCUT2D eigenvalue weighted by molar-refractivity contribution is -0.116. The summed E-state index contributed by atoms with van der Waals surface area (Å²) in [4.78, 5) is 38.0. The van der Waals surface area contributed by atoms with Gasteiger partial charge in [0.15, 0.2) is 10.8 Å². The number of hydrogen-bond donors (Lipinski definition) is 2. The first-order valence-electron chi connectivity index (χ1n) is 9.98. The first kappa shape index (κ1) is 18.7. The Hall–Kier alpha value is -3.33. The second kappa shape index (κ2) is 7.83. The Labute approximate surface area is 176 Å². The van der Waals surface area contributed by atoms with Crippen molar-refractivity contribution >= 4 is 33.4 Å². The fourth-order valence-corrected chi connectivity index (χ4v) is 4.73. The fraction of sp³-hybridized carbons (Fsp3) is 0.286. The van der Waals surface area contributed by atoms with Crippen LogP contribution < -0.4 is 10.9 Å². The average molecular weight is 420 g/mol. The number of nitrogens with one attached hydrogen (secondary N) is 2. The highest BCUT2D eigenvalue weighted by molar-refractivity contribution is 7.15. The molecule has 1 aliphatic carbocycles. The summed E-state index contributed by atoms with van der Waals surface area (Å²) < 4.78 is 1.63. The number of para-hydroxylation sites is 1. The van der Waals surface area contributed by atoms with Crippen molar-refractivity contribution in [3.8, 4) is 5.69 Å². The Morgan fingerprint density at radius 3 is 2.83 bits per heavy atom. The Kier molecular flexibility index (Phi) is 4.88. The van der Waals surface area contributed by atoms with E-state index in [1.165, 1.54) is 17.5 Å². The van der Waals surface area contributed by atoms with Crippen molar-refractivity contribution in [1.29, 1.82) is 0 Å². The lowest BCUT2D eigenvalue weighted by Crippen LogP contribution is -2.16. The zero-order valence-electron chi connectivity index (χ0n) is 16.2. The lowest BCUT2D eigenvalue weighted by atomic mass is 10.0. The molecule has 0 spiro atoms. The fourth-order valence-electron chi connectivity index (χ4n) is 3.66. The molecule has 5 rings (SSSR count). The van der Waals surface area contributed by atoms with Gasteiger partial charge in [-0.15, -0.1) is 11.3 Å². The maximum Gasteiger partial charge on any atom is 0.262 e. The van der Waals surface area contributed by atoms with Crippen LogP contribution in [0.25, 0.3) is 16.7 Å². The molecule has 0 unspecified atom stereocenters. The number of rotatable bonds is 5. The molecule has 1 amide bonds. The van der Waals surface area contributed by atoms with E-state index in [4.69, 9.17) is 0 Å². The van der Waals surface area contributed by atoms with Crippen LogP contribution in [0.3, 0.4) is 0 Å². The van der Waals surface area contributed by atoms with Crippen LogP contribution in [-0.4, -0.2) is 30.6 Å². The van der Waals surface area contributed by atoms with Crippen LogP contribution in [0.5, 0.6) is 0 Å². The van der Waals surface area contributed by atoms with Crippen LogP contribution in [0, 0.1) is 0 Å². The molecular weight excluding hydrogens is 400 g/mol. The van der Waals surface area contributed by atoms with E-state index >= 15 is 0 Å². The Balaban J connectivity index is 1.32. The number of fused-ring (bicyclic) bond motifs is 2. The quantitative estimate of drug-likeness (QED) is 0.516. The maximum absolute atomic E-state index is 12.4. The predicted molar refractivity (Wildman–Crippen MR) is 115 cm³/mol. The summed E-state index contributed by atoms with van der Waals surface area (Å²) in [5, 5.41) is 8.26. The van der Waals surface area contributed by atoms with Gasteiger partial charge < -0.3 is 10.3 Å². The van der Waals surface area contributed by atoms with Gasteiger partial charge in [-0.05, 0) is 37.8 Å². The van der Waals surface area contributed by atoms with Gasteiger partial charge in [-0.1, -0.05) is 18.2 Å². The molecule has 152 valence electrons. The van der Waals surface area contributed by atoms with Gasteiger partial charge in [0, 0.05) is 17.7 Å². The van der Waals surface area contributed by atoms with E-state index in [2.05, 4.69) is 25.4 Å². The Morgan fingerprint density at radius 1 is 1.17 bits per heavy atom. The van der Waals surface area contributed by atoms with Crippen molar-refractivity contribution in [2.45, 2.75) is 38.5 Å². The van der Waals surface area contributed by atoms with E-state index in [1.54, 1.807) is 16.0 Å². The number of benzene rings is 1. The van der Waals surface area contributed by atoms with Gasteiger partial charge in [-0.25, -0.2) is 14.6 Å². The van der Waals surface area contributed by atoms with Crippen LogP contribution in [0.15, 0.2) is 41.3 Å². The number of nitrogens with zero attached hydrogens (tertiary/aromatic N) is 4. The number of carbonyl (C=O) groups is 1. The summed E-state index contributed by atoms with van der Waals surface area (Å²) in [7, 11) is 0. The summed E-state index contributed by atoms with van der Waals surface area (Å²) in [6.45, 7) is 0. The molecule has 0 bridgehead atoms. The van der Waals surface area contributed by atoms with Crippen molar-refractivity contribution in [3.05, 3.63) is 63.3 Å². The highest BCUT2D eigenvalue weighted by Crippen LogP contribution is 2.29. The number of amides is 1. The molecule has 4 aromatic rings. The third-order valence-corrected chi connectivity index (χ3v) is 6.24. The summed E-state index contributed by atoms with van der Waals surface area (Å²) in [5.74, 6) is 0.319. The van der Waals surface area contributed by atoms with E-state index in [1.807, 2.05) is 30.3 Å². The molecule has 0 atom stereocenters. The molecule has 3 heterocycles. The van der Waals surface area contributed by atoms with E-state index < -0.39 is 0 Å². The molecular formula is C21H20N6O2S. The average Bonchev–Trinajstić information content (AvgIpc) is 3.36. The lowest BCUT2D eigenvalue weighted by Gasteiger charge is -2.06. The van der Waals surface area contributed by atoms with Crippen LogP contribution >= 0.6 is 11.3 Å².